The zero-order valence-electron chi connectivity index (χ0n) is 11.7. The van der Waals surface area contributed by atoms with Crippen molar-refractivity contribution in [3.63, 3.8) is 0 Å². The van der Waals surface area contributed by atoms with E-state index in [2.05, 4.69) is 15.0 Å². The van der Waals surface area contributed by atoms with E-state index >= 15 is 0 Å². The summed E-state index contributed by atoms with van der Waals surface area (Å²) in [6.07, 6.45) is 1.50. The summed E-state index contributed by atoms with van der Waals surface area (Å²) in [6, 6.07) is 0. The minimum atomic E-state index is -3.26. The first-order chi connectivity index (χ1) is 9.41. The fourth-order valence-electron chi connectivity index (χ4n) is 1.73. The zero-order chi connectivity index (χ0) is 15.2. The molecule has 0 aromatic carbocycles. The van der Waals surface area contributed by atoms with Crippen LogP contribution in [0.2, 0.25) is 0 Å². The lowest BCUT2D eigenvalue weighted by atomic mass is 10.1. The van der Waals surface area contributed by atoms with Crippen molar-refractivity contribution in [2.75, 3.05) is 18.8 Å². The molecule has 1 aromatic heterocycles. The summed E-state index contributed by atoms with van der Waals surface area (Å²) in [4.78, 5) is 3.96. The normalized spacial score (nSPS) is 11.8. The van der Waals surface area contributed by atoms with E-state index in [1.807, 2.05) is 0 Å². The molecule has 1 rings (SSSR count). The number of aryl methyl sites for hydroxylation is 1. The third kappa shape index (κ3) is 4.71. The molecule has 114 valence electrons. The van der Waals surface area contributed by atoms with Gasteiger partial charge in [0.1, 0.15) is 5.75 Å². The Morgan fingerprint density at radius 1 is 1.40 bits per heavy atom. The number of aromatic nitrogens is 1. The van der Waals surface area contributed by atoms with Crippen molar-refractivity contribution >= 4 is 10.0 Å². The fourth-order valence-corrected chi connectivity index (χ4v) is 2.73. The molecule has 0 saturated carbocycles. The van der Waals surface area contributed by atoms with Crippen molar-refractivity contribution in [1.29, 1.82) is 0 Å². The van der Waals surface area contributed by atoms with E-state index in [-0.39, 0.29) is 31.2 Å². The number of hydrogen-bond acceptors (Lipinski definition) is 6. The summed E-state index contributed by atoms with van der Waals surface area (Å²) in [5.41, 5.74) is 1.54. The van der Waals surface area contributed by atoms with Crippen molar-refractivity contribution in [1.82, 2.24) is 15.0 Å². The molecule has 0 fully saturated rings. The average Bonchev–Trinajstić information content (AvgIpc) is 2.39. The molecule has 8 heteroatoms. The average molecular weight is 303 g/mol. The first kappa shape index (κ1) is 16.8. The molecular formula is C12H21N3O4S. The van der Waals surface area contributed by atoms with E-state index in [4.69, 9.17) is 0 Å². The van der Waals surface area contributed by atoms with Gasteiger partial charge < -0.3 is 15.5 Å². The number of sulfonamides is 1. The Labute approximate surface area is 119 Å². The van der Waals surface area contributed by atoms with E-state index in [0.717, 1.165) is 0 Å². The number of pyridine rings is 1. The predicted octanol–water partition coefficient (Wildman–Crippen LogP) is -0.383. The summed E-state index contributed by atoms with van der Waals surface area (Å²) < 4.78 is 25.3. The van der Waals surface area contributed by atoms with E-state index in [0.29, 0.717) is 23.4 Å². The van der Waals surface area contributed by atoms with Gasteiger partial charge in [-0.25, -0.2) is 13.1 Å². The largest absolute Gasteiger partial charge is 0.506 e. The molecule has 20 heavy (non-hydrogen) atoms. The number of nitrogens with one attached hydrogen (secondary N) is 2. The van der Waals surface area contributed by atoms with Crippen LogP contribution in [0.15, 0.2) is 6.20 Å². The number of hydrogen-bond donors (Lipinski definition) is 4. The highest BCUT2D eigenvalue weighted by molar-refractivity contribution is 7.89. The molecule has 7 nitrogen and oxygen atoms in total. The van der Waals surface area contributed by atoms with Crippen LogP contribution in [0.3, 0.4) is 0 Å². The molecule has 0 spiro atoms. The van der Waals surface area contributed by atoms with Crippen molar-refractivity contribution < 1.29 is 18.6 Å². The second-order valence-corrected chi connectivity index (χ2v) is 6.27. The van der Waals surface area contributed by atoms with Crippen molar-refractivity contribution in [2.24, 2.45) is 0 Å². The van der Waals surface area contributed by atoms with Gasteiger partial charge >= 0.3 is 0 Å². The summed E-state index contributed by atoms with van der Waals surface area (Å²) in [5, 5.41) is 22.1. The second-order valence-electron chi connectivity index (χ2n) is 4.35. The smallest absolute Gasteiger partial charge is 0.212 e. The van der Waals surface area contributed by atoms with E-state index in [9.17, 15) is 18.6 Å². The van der Waals surface area contributed by atoms with Gasteiger partial charge in [-0.15, -0.1) is 0 Å². The van der Waals surface area contributed by atoms with Gasteiger partial charge in [-0.2, -0.15) is 0 Å². The molecule has 0 amide bonds. The standard InChI is InChI=1S/C12H21N3O4S/c1-3-15-20(18,19)5-4-13-7-11-10(8-16)6-14-9(2)12(11)17/h6,13,15-17H,3-5,7-8H2,1-2H3. The van der Waals surface area contributed by atoms with Crippen LogP contribution in [-0.2, 0) is 23.2 Å². The van der Waals surface area contributed by atoms with Gasteiger partial charge in [-0.1, -0.05) is 6.92 Å². The summed E-state index contributed by atoms with van der Waals surface area (Å²) in [5.74, 6) is -0.0151. The topological polar surface area (TPSA) is 112 Å². The third-order valence-corrected chi connectivity index (χ3v) is 4.28. The lowest BCUT2D eigenvalue weighted by Crippen LogP contribution is -2.31. The molecule has 0 unspecified atom stereocenters. The zero-order valence-corrected chi connectivity index (χ0v) is 12.5. The van der Waals surface area contributed by atoms with E-state index in [1.54, 1.807) is 13.8 Å². The maximum Gasteiger partial charge on any atom is 0.212 e. The maximum absolute atomic E-state index is 11.4. The van der Waals surface area contributed by atoms with Gasteiger partial charge in [0.15, 0.2) is 0 Å². The fraction of sp³-hybridized carbons (Fsp3) is 0.583. The van der Waals surface area contributed by atoms with Crippen LogP contribution >= 0.6 is 0 Å². The summed E-state index contributed by atoms with van der Waals surface area (Å²) in [7, 11) is -3.26. The van der Waals surface area contributed by atoms with Crippen LogP contribution in [0.25, 0.3) is 0 Å². The van der Waals surface area contributed by atoms with Crippen LogP contribution in [0.4, 0.5) is 0 Å². The number of aromatic hydroxyl groups is 1. The molecule has 1 heterocycles. The molecule has 0 aliphatic heterocycles. The van der Waals surface area contributed by atoms with Gasteiger partial charge in [0, 0.05) is 37.0 Å². The minimum Gasteiger partial charge on any atom is -0.506 e. The Morgan fingerprint density at radius 3 is 2.70 bits per heavy atom. The highest BCUT2D eigenvalue weighted by Gasteiger charge is 2.12. The monoisotopic (exact) mass is 303 g/mol. The number of nitrogens with zero attached hydrogens (tertiary/aromatic N) is 1. The van der Waals surface area contributed by atoms with E-state index in [1.165, 1.54) is 6.20 Å². The first-order valence-corrected chi connectivity index (χ1v) is 8.01. The number of rotatable bonds is 8. The second kappa shape index (κ2) is 7.53. The first-order valence-electron chi connectivity index (χ1n) is 6.36. The summed E-state index contributed by atoms with van der Waals surface area (Å²) >= 11 is 0. The lowest BCUT2D eigenvalue weighted by molar-refractivity contribution is 0.278. The van der Waals surface area contributed by atoms with Gasteiger partial charge in [-0.3, -0.25) is 4.98 Å². The molecule has 0 radical (unpaired) electrons. The molecule has 0 aliphatic rings. The Kier molecular flexibility index (Phi) is 6.34. The van der Waals surface area contributed by atoms with E-state index < -0.39 is 10.0 Å². The van der Waals surface area contributed by atoms with Gasteiger partial charge in [0.05, 0.1) is 18.1 Å². The van der Waals surface area contributed by atoms with Crippen LogP contribution in [0.5, 0.6) is 5.75 Å². The number of aliphatic hydroxyl groups excluding tert-OH is 1. The summed E-state index contributed by atoms with van der Waals surface area (Å²) in [6.45, 7) is 4.04. The highest BCUT2D eigenvalue weighted by Crippen LogP contribution is 2.23. The lowest BCUT2D eigenvalue weighted by Gasteiger charge is -2.12. The van der Waals surface area contributed by atoms with Crippen molar-refractivity contribution in [3.05, 3.63) is 23.0 Å². The third-order valence-electron chi connectivity index (χ3n) is 2.81. The maximum atomic E-state index is 11.4. The van der Waals surface area contributed by atoms with Crippen LogP contribution < -0.4 is 10.0 Å². The Hall–Kier alpha value is -1.22. The van der Waals surface area contributed by atoms with Gasteiger partial charge in [-0.05, 0) is 6.92 Å². The Morgan fingerprint density at radius 2 is 2.10 bits per heavy atom. The molecular weight excluding hydrogens is 282 g/mol. The molecule has 0 aliphatic carbocycles. The Balaban J connectivity index is 2.61. The Bertz CT molecular complexity index is 546. The molecule has 4 N–H and O–H groups in total. The molecule has 0 saturated heterocycles. The predicted molar refractivity (Wildman–Crippen MR) is 75.7 cm³/mol. The molecule has 0 bridgehead atoms. The molecule has 0 atom stereocenters. The number of aliphatic hydroxyl groups is 1. The minimum absolute atomic E-state index is 0.0265. The van der Waals surface area contributed by atoms with Crippen molar-refractivity contribution in [3.8, 4) is 5.75 Å². The van der Waals surface area contributed by atoms with Crippen molar-refractivity contribution in [2.45, 2.75) is 27.0 Å². The van der Waals surface area contributed by atoms with Crippen LogP contribution in [0, 0.1) is 6.92 Å². The van der Waals surface area contributed by atoms with Crippen LogP contribution in [0.1, 0.15) is 23.7 Å². The van der Waals surface area contributed by atoms with Gasteiger partial charge in [0.2, 0.25) is 10.0 Å². The van der Waals surface area contributed by atoms with Crippen LogP contribution in [-0.4, -0.2) is 42.5 Å². The van der Waals surface area contributed by atoms with Gasteiger partial charge in [0.25, 0.3) is 0 Å². The SMILES string of the molecule is CCNS(=O)(=O)CCNCc1c(CO)cnc(C)c1O. The molecule has 1 aromatic rings. The highest BCUT2D eigenvalue weighted by atomic mass is 32.2. The quantitative estimate of drug-likeness (QED) is 0.487.